The molecule has 0 radical (unpaired) electrons. The van der Waals surface area contributed by atoms with Gasteiger partial charge in [-0.25, -0.2) is 5.43 Å². The van der Waals surface area contributed by atoms with Crippen LogP contribution in [0, 0.1) is 5.92 Å². The van der Waals surface area contributed by atoms with Crippen molar-refractivity contribution in [2.45, 2.75) is 19.8 Å². The fourth-order valence-corrected chi connectivity index (χ4v) is 3.01. The van der Waals surface area contributed by atoms with Crippen molar-refractivity contribution in [3.05, 3.63) is 59.1 Å². The highest BCUT2D eigenvalue weighted by molar-refractivity contribution is 6.30. The van der Waals surface area contributed by atoms with Gasteiger partial charge in [-0.05, 0) is 60.5 Å². The first-order chi connectivity index (χ1) is 13.6. The minimum absolute atomic E-state index is 0.0888. The van der Waals surface area contributed by atoms with Gasteiger partial charge in [0.15, 0.2) is 0 Å². The summed E-state index contributed by atoms with van der Waals surface area (Å²) in [7, 11) is 0. The van der Waals surface area contributed by atoms with Gasteiger partial charge in [0.1, 0.15) is 5.75 Å². The third kappa shape index (κ3) is 5.10. The van der Waals surface area contributed by atoms with Crippen molar-refractivity contribution in [2.75, 3.05) is 18.1 Å². The summed E-state index contributed by atoms with van der Waals surface area (Å²) in [5.74, 6) is -0.00183. The summed E-state index contributed by atoms with van der Waals surface area (Å²) in [6, 6.07) is 14.4. The molecule has 1 atom stereocenters. The van der Waals surface area contributed by atoms with Gasteiger partial charge in [-0.3, -0.25) is 9.59 Å². The first kappa shape index (κ1) is 19.9. The molecule has 3 rings (SSSR count). The summed E-state index contributed by atoms with van der Waals surface area (Å²) < 4.78 is 5.53. The molecule has 6 nitrogen and oxygen atoms in total. The van der Waals surface area contributed by atoms with E-state index < -0.39 is 5.92 Å². The maximum atomic E-state index is 12.3. The molecule has 0 bridgehead atoms. The maximum Gasteiger partial charge on any atom is 0.245 e. The number of ether oxygens (including phenoxy) is 1. The second-order valence-electron chi connectivity index (χ2n) is 6.53. The number of benzene rings is 2. The summed E-state index contributed by atoms with van der Waals surface area (Å²) in [4.78, 5) is 26.2. The average Bonchev–Trinajstić information content (AvgIpc) is 3.09. The van der Waals surface area contributed by atoms with Crippen molar-refractivity contribution in [3.63, 3.8) is 0 Å². The Morgan fingerprint density at radius 2 is 1.96 bits per heavy atom. The van der Waals surface area contributed by atoms with Crippen LogP contribution in [0.1, 0.15) is 25.3 Å². The fourth-order valence-electron chi connectivity index (χ4n) is 2.89. The molecule has 2 aromatic carbocycles. The predicted octanol–water partition coefficient (Wildman–Crippen LogP) is 3.63. The Morgan fingerprint density at radius 3 is 2.64 bits per heavy atom. The molecule has 2 amide bonds. The summed E-state index contributed by atoms with van der Waals surface area (Å²) in [6.45, 7) is 3.05. The van der Waals surface area contributed by atoms with Gasteiger partial charge in [-0.1, -0.05) is 18.5 Å². The fraction of sp³-hybridized carbons (Fsp3) is 0.286. The number of carbonyl (C=O) groups is 2. The number of hydrazone groups is 1. The third-order valence-corrected chi connectivity index (χ3v) is 4.63. The van der Waals surface area contributed by atoms with E-state index in [1.807, 2.05) is 24.3 Å². The molecule has 1 aliphatic rings. The highest BCUT2D eigenvalue weighted by Crippen LogP contribution is 2.26. The van der Waals surface area contributed by atoms with Gasteiger partial charge in [0, 0.05) is 23.7 Å². The van der Waals surface area contributed by atoms with Gasteiger partial charge in [0.2, 0.25) is 11.8 Å². The number of hydrogen-bond acceptors (Lipinski definition) is 4. The van der Waals surface area contributed by atoms with E-state index in [1.165, 1.54) is 0 Å². The van der Waals surface area contributed by atoms with Gasteiger partial charge < -0.3 is 9.64 Å². The first-order valence-corrected chi connectivity index (χ1v) is 9.56. The van der Waals surface area contributed by atoms with E-state index in [0.717, 1.165) is 23.4 Å². The lowest BCUT2D eigenvalue weighted by Gasteiger charge is -2.16. The lowest BCUT2D eigenvalue weighted by molar-refractivity contribution is -0.126. The SMILES string of the molecule is CCCOc1ccc(/C=N\NC(=O)[C@H]2CC(=O)N(c3ccc(Cl)cc3)C2)cc1. The Labute approximate surface area is 169 Å². The van der Waals surface area contributed by atoms with Gasteiger partial charge in [-0.15, -0.1) is 0 Å². The zero-order valence-electron chi connectivity index (χ0n) is 15.6. The predicted molar refractivity (Wildman–Crippen MR) is 110 cm³/mol. The third-order valence-electron chi connectivity index (χ3n) is 4.38. The van der Waals surface area contributed by atoms with Gasteiger partial charge >= 0.3 is 0 Å². The maximum absolute atomic E-state index is 12.3. The van der Waals surface area contributed by atoms with E-state index in [-0.39, 0.29) is 18.2 Å². The largest absolute Gasteiger partial charge is 0.494 e. The lowest BCUT2D eigenvalue weighted by Crippen LogP contribution is -2.30. The minimum atomic E-state index is -0.440. The Morgan fingerprint density at radius 1 is 1.25 bits per heavy atom. The van der Waals surface area contributed by atoms with Crippen LogP contribution in [0.25, 0.3) is 0 Å². The standard InChI is InChI=1S/C21H22ClN3O3/c1-2-11-28-19-9-3-15(4-10-19)13-23-24-21(27)16-12-20(26)25(14-16)18-7-5-17(22)6-8-18/h3-10,13,16H,2,11-12,14H2,1H3,(H,24,27)/b23-13-/t16-/m0/s1. The van der Waals surface area contributed by atoms with Gasteiger partial charge in [-0.2, -0.15) is 5.10 Å². The monoisotopic (exact) mass is 399 g/mol. The molecule has 0 aromatic heterocycles. The molecule has 0 spiro atoms. The van der Waals surface area contributed by atoms with E-state index in [4.69, 9.17) is 16.3 Å². The van der Waals surface area contributed by atoms with Crippen molar-refractivity contribution in [2.24, 2.45) is 11.0 Å². The van der Waals surface area contributed by atoms with Crippen LogP contribution >= 0.6 is 11.6 Å². The average molecular weight is 400 g/mol. The van der Waals surface area contributed by atoms with Crippen molar-refractivity contribution < 1.29 is 14.3 Å². The van der Waals surface area contributed by atoms with E-state index >= 15 is 0 Å². The Bertz CT molecular complexity index is 850. The summed E-state index contributed by atoms with van der Waals surface area (Å²) in [6.07, 6.45) is 2.68. The van der Waals surface area contributed by atoms with Crippen LogP contribution in [0.3, 0.4) is 0 Å². The van der Waals surface area contributed by atoms with E-state index in [2.05, 4.69) is 17.5 Å². The number of hydrogen-bond donors (Lipinski definition) is 1. The smallest absolute Gasteiger partial charge is 0.245 e. The molecular weight excluding hydrogens is 378 g/mol. The minimum Gasteiger partial charge on any atom is -0.494 e. The van der Waals surface area contributed by atoms with E-state index in [9.17, 15) is 9.59 Å². The Balaban J connectivity index is 1.53. The summed E-state index contributed by atoms with van der Waals surface area (Å²) in [5, 5.41) is 4.60. The molecule has 1 heterocycles. The molecule has 1 aliphatic heterocycles. The number of halogens is 1. The van der Waals surface area contributed by atoms with Crippen molar-refractivity contribution in [3.8, 4) is 5.75 Å². The first-order valence-electron chi connectivity index (χ1n) is 9.18. The number of rotatable bonds is 7. The molecule has 1 N–H and O–H groups in total. The van der Waals surface area contributed by atoms with Gasteiger partial charge in [0.05, 0.1) is 18.7 Å². The topological polar surface area (TPSA) is 71.0 Å². The summed E-state index contributed by atoms with van der Waals surface area (Å²) in [5.41, 5.74) is 4.10. The molecule has 28 heavy (non-hydrogen) atoms. The molecular formula is C21H22ClN3O3. The van der Waals surface area contributed by atoms with Crippen molar-refractivity contribution >= 4 is 35.3 Å². The Hall–Kier alpha value is -2.86. The van der Waals surface area contributed by atoms with E-state index in [1.54, 1.807) is 35.4 Å². The van der Waals surface area contributed by atoms with Crippen LogP contribution in [0.15, 0.2) is 53.6 Å². The zero-order chi connectivity index (χ0) is 19.9. The molecule has 2 aromatic rings. The molecule has 7 heteroatoms. The normalized spacial score (nSPS) is 16.6. The highest BCUT2D eigenvalue weighted by atomic mass is 35.5. The quantitative estimate of drug-likeness (QED) is 0.570. The number of nitrogens with one attached hydrogen (secondary N) is 1. The lowest BCUT2D eigenvalue weighted by atomic mass is 10.1. The van der Waals surface area contributed by atoms with E-state index in [0.29, 0.717) is 18.2 Å². The second kappa shape index (κ2) is 9.37. The van der Waals surface area contributed by atoms with Crippen LogP contribution in [0.4, 0.5) is 5.69 Å². The Kier molecular flexibility index (Phi) is 6.66. The van der Waals surface area contributed by atoms with Crippen molar-refractivity contribution in [1.29, 1.82) is 0 Å². The summed E-state index contributed by atoms with van der Waals surface area (Å²) >= 11 is 5.88. The second-order valence-corrected chi connectivity index (χ2v) is 6.97. The number of nitrogens with zero attached hydrogens (tertiary/aromatic N) is 2. The van der Waals surface area contributed by atoms with Crippen LogP contribution < -0.4 is 15.1 Å². The number of amides is 2. The molecule has 1 fully saturated rings. The number of carbonyl (C=O) groups excluding carboxylic acids is 2. The molecule has 146 valence electrons. The van der Waals surface area contributed by atoms with Gasteiger partial charge in [0.25, 0.3) is 0 Å². The molecule has 0 unspecified atom stereocenters. The highest BCUT2D eigenvalue weighted by Gasteiger charge is 2.35. The molecule has 0 saturated carbocycles. The number of anilines is 1. The molecule has 0 aliphatic carbocycles. The van der Waals surface area contributed by atoms with Crippen LogP contribution in [0.2, 0.25) is 5.02 Å². The zero-order valence-corrected chi connectivity index (χ0v) is 16.4. The van der Waals surface area contributed by atoms with Crippen LogP contribution in [0.5, 0.6) is 5.75 Å². The molecule has 1 saturated heterocycles. The van der Waals surface area contributed by atoms with Crippen molar-refractivity contribution in [1.82, 2.24) is 5.43 Å². The van der Waals surface area contributed by atoms with Crippen LogP contribution in [-0.4, -0.2) is 31.2 Å². The van der Waals surface area contributed by atoms with Crippen LogP contribution in [-0.2, 0) is 9.59 Å².